The Balaban J connectivity index is 1.41. The zero-order valence-electron chi connectivity index (χ0n) is 12.0. The summed E-state index contributed by atoms with van der Waals surface area (Å²) in [6, 6.07) is 1.73. The summed E-state index contributed by atoms with van der Waals surface area (Å²) in [6.45, 7) is 6.48. The van der Waals surface area contributed by atoms with Crippen LogP contribution in [0.4, 0.5) is 0 Å². The van der Waals surface area contributed by atoms with E-state index in [1.807, 2.05) is 0 Å². The Morgan fingerprint density at radius 2 is 1.83 bits per heavy atom. The maximum absolute atomic E-state index is 3.71. The predicted octanol–water partition coefficient (Wildman–Crippen LogP) is 3.03. The van der Waals surface area contributed by atoms with Gasteiger partial charge in [0.1, 0.15) is 0 Å². The zero-order valence-corrected chi connectivity index (χ0v) is 12.0. The molecule has 1 aliphatic heterocycles. The van der Waals surface area contributed by atoms with Crippen LogP contribution in [0.1, 0.15) is 58.3 Å². The standard InChI is InChI=1S/C16H30N2/c1-13(15-5-3-2-4-6-15)18-10-9-14(12-18)11-17-16-7-8-16/h13-17H,2-12H2,1H3. The van der Waals surface area contributed by atoms with Crippen molar-refractivity contribution in [1.29, 1.82) is 0 Å². The van der Waals surface area contributed by atoms with Gasteiger partial charge >= 0.3 is 0 Å². The number of rotatable bonds is 5. The monoisotopic (exact) mass is 250 g/mol. The minimum Gasteiger partial charge on any atom is -0.314 e. The lowest BCUT2D eigenvalue weighted by molar-refractivity contribution is 0.152. The van der Waals surface area contributed by atoms with Crippen LogP contribution in [0.2, 0.25) is 0 Å². The number of nitrogens with one attached hydrogen (secondary N) is 1. The Morgan fingerprint density at radius 3 is 2.56 bits per heavy atom. The van der Waals surface area contributed by atoms with Crippen LogP contribution in [0.3, 0.4) is 0 Å². The summed E-state index contributed by atoms with van der Waals surface area (Å²) in [5.41, 5.74) is 0. The van der Waals surface area contributed by atoms with Crippen LogP contribution in [0.25, 0.3) is 0 Å². The van der Waals surface area contributed by atoms with Crippen molar-refractivity contribution in [2.24, 2.45) is 11.8 Å². The highest BCUT2D eigenvalue weighted by molar-refractivity contribution is 4.87. The van der Waals surface area contributed by atoms with Gasteiger partial charge in [-0.05, 0) is 64.0 Å². The van der Waals surface area contributed by atoms with E-state index in [1.54, 1.807) is 0 Å². The molecule has 104 valence electrons. The average molecular weight is 250 g/mol. The van der Waals surface area contributed by atoms with Crippen LogP contribution >= 0.6 is 0 Å². The second-order valence-corrected chi connectivity index (χ2v) is 6.97. The Morgan fingerprint density at radius 1 is 1.06 bits per heavy atom. The molecular formula is C16H30N2. The van der Waals surface area contributed by atoms with E-state index in [1.165, 1.54) is 71.0 Å². The fourth-order valence-corrected chi connectivity index (χ4v) is 3.93. The van der Waals surface area contributed by atoms with Crippen LogP contribution < -0.4 is 5.32 Å². The van der Waals surface area contributed by atoms with Gasteiger partial charge in [0.15, 0.2) is 0 Å². The first-order chi connectivity index (χ1) is 8.83. The number of likely N-dealkylation sites (tertiary alicyclic amines) is 1. The normalized spacial score (nSPS) is 32.8. The van der Waals surface area contributed by atoms with E-state index >= 15 is 0 Å². The van der Waals surface area contributed by atoms with Crippen LogP contribution in [0.15, 0.2) is 0 Å². The molecule has 0 spiro atoms. The van der Waals surface area contributed by atoms with Crippen molar-refractivity contribution in [3.8, 4) is 0 Å². The molecule has 1 heterocycles. The van der Waals surface area contributed by atoms with Crippen LogP contribution in [0, 0.1) is 11.8 Å². The predicted molar refractivity (Wildman–Crippen MR) is 76.7 cm³/mol. The number of hydrogen-bond acceptors (Lipinski definition) is 2. The molecule has 2 heteroatoms. The molecule has 1 N–H and O–H groups in total. The summed E-state index contributed by atoms with van der Waals surface area (Å²) < 4.78 is 0. The smallest absolute Gasteiger partial charge is 0.00953 e. The topological polar surface area (TPSA) is 15.3 Å². The molecule has 0 bridgehead atoms. The van der Waals surface area contributed by atoms with Crippen molar-refractivity contribution in [3.63, 3.8) is 0 Å². The number of hydrogen-bond donors (Lipinski definition) is 1. The summed E-state index contributed by atoms with van der Waals surface area (Å²) in [5.74, 6) is 1.92. The maximum atomic E-state index is 3.71. The highest BCUT2D eigenvalue weighted by atomic mass is 15.2. The van der Waals surface area contributed by atoms with Crippen molar-refractivity contribution >= 4 is 0 Å². The Bertz CT molecular complexity index is 256. The molecule has 2 saturated carbocycles. The molecule has 2 unspecified atom stereocenters. The van der Waals surface area contributed by atoms with Gasteiger partial charge in [0.25, 0.3) is 0 Å². The SMILES string of the molecule is CC(C1CCCCC1)N1CCC(CNC2CC2)C1. The molecule has 2 atom stereocenters. The van der Waals surface area contributed by atoms with Crippen molar-refractivity contribution in [3.05, 3.63) is 0 Å². The minimum atomic E-state index is 0.844. The van der Waals surface area contributed by atoms with Gasteiger partial charge in [0.2, 0.25) is 0 Å². The summed E-state index contributed by atoms with van der Waals surface area (Å²) in [7, 11) is 0. The van der Waals surface area contributed by atoms with Crippen LogP contribution in [0.5, 0.6) is 0 Å². The first-order valence-electron chi connectivity index (χ1n) is 8.30. The number of nitrogens with zero attached hydrogens (tertiary/aromatic N) is 1. The summed E-state index contributed by atoms with van der Waals surface area (Å²) in [5, 5.41) is 3.71. The van der Waals surface area contributed by atoms with E-state index in [2.05, 4.69) is 17.1 Å². The Kier molecular flexibility index (Phi) is 4.25. The largest absolute Gasteiger partial charge is 0.314 e. The Hall–Kier alpha value is -0.0800. The van der Waals surface area contributed by atoms with E-state index in [9.17, 15) is 0 Å². The maximum Gasteiger partial charge on any atom is 0.00953 e. The van der Waals surface area contributed by atoms with E-state index in [0.29, 0.717) is 0 Å². The second-order valence-electron chi connectivity index (χ2n) is 6.97. The first kappa shape index (κ1) is 12.9. The molecule has 3 rings (SSSR count). The van der Waals surface area contributed by atoms with Crippen molar-refractivity contribution in [1.82, 2.24) is 10.2 Å². The fraction of sp³-hybridized carbons (Fsp3) is 1.00. The van der Waals surface area contributed by atoms with Gasteiger partial charge in [0.05, 0.1) is 0 Å². The van der Waals surface area contributed by atoms with Crippen molar-refractivity contribution in [2.75, 3.05) is 19.6 Å². The lowest BCUT2D eigenvalue weighted by Gasteiger charge is -2.34. The molecule has 18 heavy (non-hydrogen) atoms. The molecular weight excluding hydrogens is 220 g/mol. The molecule has 0 aromatic carbocycles. The van der Waals surface area contributed by atoms with Crippen molar-refractivity contribution < 1.29 is 0 Å². The molecule has 2 aliphatic carbocycles. The molecule has 0 aromatic rings. The first-order valence-corrected chi connectivity index (χ1v) is 8.30. The third-order valence-electron chi connectivity index (χ3n) is 5.50. The van der Waals surface area contributed by atoms with Crippen LogP contribution in [-0.2, 0) is 0 Å². The third-order valence-corrected chi connectivity index (χ3v) is 5.50. The summed E-state index contributed by atoms with van der Waals surface area (Å²) in [6.07, 6.45) is 11.7. The molecule has 0 radical (unpaired) electrons. The van der Waals surface area contributed by atoms with Gasteiger partial charge in [-0.25, -0.2) is 0 Å². The minimum absolute atomic E-state index is 0.844. The quantitative estimate of drug-likeness (QED) is 0.807. The molecule has 3 fully saturated rings. The van der Waals surface area contributed by atoms with Gasteiger partial charge in [0, 0.05) is 18.6 Å². The molecule has 0 amide bonds. The summed E-state index contributed by atoms with van der Waals surface area (Å²) in [4.78, 5) is 2.79. The van der Waals surface area contributed by atoms with E-state index in [4.69, 9.17) is 0 Å². The van der Waals surface area contributed by atoms with Gasteiger partial charge < -0.3 is 10.2 Å². The van der Waals surface area contributed by atoms with Gasteiger partial charge in [-0.2, -0.15) is 0 Å². The lowest BCUT2D eigenvalue weighted by atomic mass is 9.84. The molecule has 1 saturated heterocycles. The van der Waals surface area contributed by atoms with Crippen LogP contribution in [-0.4, -0.2) is 36.6 Å². The van der Waals surface area contributed by atoms with Gasteiger partial charge in [-0.15, -0.1) is 0 Å². The lowest BCUT2D eigenvalue weighted by Crippen LogP contribution is -2.38. The third kappa shape index (κ3) is 3.27. The van der Waals surface area contributed by atoms with E-state index in [-0.39, 0.29) is 0 Å². The Labute approximate surface area is 113 Å². The molecule has 0 aromatic heterocycles. The zero-order chi connectivity index (χ0) is 12.4. The fourth-order valence-electron chi connectivity index (χ4n) is 3.93. The second kappa shape index (κ2) is 5.92. The van der Waals surface area contributed by atoms with Gasteiger partial charge in [-0.1, -0.05) is 19.3 Å². The van der Waals surface area contributed by atoms with E-state index < -0.39 is 0 Å². The molecule has 3 aliphatic rings. The summed E-state index contributed by atoms with van der Waals surface area (Å²) >= 11 is 0. The van der Waals surface area contributed by atoms with Gasteiger partial charge in [-0.3, -0.25) is 0 Å². The average Bonchev–Trinajstić information content (AvgIpc) is 3.14. The highest BCUT2D eigenvalue weighted by Crippen LogP contribution is 2.31. The van der Waals surface area contributed by atoms with E-state index in [0.717, 1.165) is 23.9 Å². The highest BCUT2D eigenvalue weighted by Gasteiger charge is 2.31. The molecule has 2 nitrogen and oxygen atoms in total. The van der Waals surface area contributed by atoms with Crippen molar-refractivity contribution in [2.45, 2.75) is 70.4 Å².